The lowest BCUT2D eigenvalue weighted by Gasteiger charge is -2.25. The number of aliphatic carboxylic acids is 1. The number of carboxylic acid groups (broad SMARTS) is 1. The van der Waals surface area contributed by atoms with E-state index in [0.29, 0.717) is 12.2 Å². The first-order chi connectivity index (χ1) is 9.26. The van der Waals surface area contributed by atoms with E-state index in [1.165, 1.54) is 13.8 Å². The number of carbonyl (C=O) groups excluding carboxylic acids is 1. The fraction of sp³-hybridized carbons (Fsp3) is 0.467. The van der Waals surface area contributed by atoms with E-state index in [1.54, 1.807) is 6.07 Å². The number of aryl methyl sites for hydroxylation is 1. The number of carbonyl (C=O) groups is 2. The Labute approximate surface area is 118 Å². The lowest BCUT2D eigenvalue weighted by Crippen LogP contribution is -2.53. The molecule has 0 saturated heterocycles. The molecular formula is C15H21NO4. The summed E-state index contributed by atoms with van der Waals surface area (Å²) in [5, 5.41) is 11.5. The van der Waals surface area contributed by atoms with Crippen molar-refractivity contribution in [3.63, 3.8) is 0 Å². The lowest BCUT2D eigenvalue weighted by atomic mass is 10.1. The molecule has 5 nitrogen and oxygen atoms in total. The number of nitrogens with one attached hydrogen (secondary N) is 1. The molecule has 110 valence electrons. The average Bonchev–Trinajstić information content (AvgIpc) is 2.35. The van der Waals surface area contributed by atoms with Gasteiger partial charge in [0.2, 0.25) is 0 Å². The molecule has 0 radical (unpaired) electrons. The zero-order valence-corrected chi connectivity index (χ0v) is 12.3. The van der Waals surface area contributed by atoms with E-state index >= 15 is 0 Å². The molecule has 1 atom stereocenters. The highest BCUT2D eigenvalue weighted by atomic mass is 16.5. The third-order valence-corrected chi connectivity index (χ3v) is 2.90. The van der Waals surface area contributed by atoms with Gasteiger partial charge >= 0.3 is 5.97 Å². The predicted molar refractivity (Wildman–Crippen MR) is 75.7 cm³/mol. The first kappa shape index (κ1) is 16.0. The molecule has 0 bridgehead atoms. The van der Waals surface area contributed by atoms with Gasteiger partial charge in [0, 0.05) is 0 Å². The Kier molecular flexibility index (Phi) is 5.13. The third-order valence-electron chi connectivity index (χ3n) is 2.90. The van der Waals surface area contributed by atoms with Crippen molar-refractivity contribution in [2.45, 2.75) is 45.8 Å². The fourth-order valence-electron chi connectivity index (χ4n) is 1.62. The highest BCUT2D eigenvalue weighted by Gasteiger charge is 2.32. The highest BCUT2D eigenvalue weighted by molar-refractivity contribution is 5.88. The van der Waals surface area contributed by atoms with Crippen molar-refractivity contribution >= 4 is 11.9 Å². The lowest BCUT2D eigenvalue weighted by molar-refractivity contribution is -0.147. The van der Waals surface area contributed by atoms with E-state index < -0.39 is 23.5 Å². The van der Waals surface area contributed by atoms with Crippen LogP contribution in [0, 0.1) is 6.92 Å². The minimum atomic E-state index is -1.32. The van der Waals surface area contributed by atoms with Crippen LogP contribution in [0.4, 0.5) is 0 Å². The van der Waals surface area contributed by atoms with Gasteiger partial charge in [-0.25, -0.2) is 4.79 Å². The van der Waals surface area contributed by atoms with E-state index in [-0.39, 0.29) is 0 Å². The van der Waals surface area contributed by atoms with Crippen LogP contribution in [0.15, 0.2) is 24.3 Å². The van der Waals surface area contributed by atoms with E-state index in [4.69, 9.17) is 9.84 Å². The number of ether oxygens (including phenoxy) is 1. The molecule has 2 N–H and O–H groups in total. The minimum Gasteiger partial charge on any atom is -0.481 e. The van der Waals surface area contributed by atoms with Crippen molar-refractivity contribution < 1.29 is 19.4 Å². The summed E-state index contributed by atoms with van der Waals surface area (Å²) in [4.78, 5) is 23.1. The molecule has 1 amide bonds. The molecule has 0 saturated carbocycles. The van der Waals surface area contributed by atoms with Crippen LogP contribution in [0.2, 0.25) is 0 Å². The topological polar surface area (TPSA) is 75.6 Å². The number of rotatable bonds is 6. The van der Waals surface area contributed by atoms with E-state index in [9.17, 15) is 9.59 Å². The van der Waals surface area contributed by atoms with Gasteiger partial charge in [0.1, 0.15) is 11.3 Å². The third kappa shape index (κ3) is 4.26. The summed E-state index contributed by atoms with van der Waals surface area (Å²) in [6.45, 7) is 6.62. The number of hydrogen-bond donors (Lipinski definition) is 2. The summed E-state index contributed by atoms with van der Waals surface area (Å²) in [5.41, 5.74) is -0.288. The number of amides is 1. The summed E-state index contributed by atoms with van der Waals surface area (Å²) in [6.07, 6.45) is -0.259. The molecule has 5 heteroatoms. The Balaban J connectivity index is 2.76. The number of hydrogen-bond acceptors (Lipinski definition) is 3. The van der Waals surface area contributed by atoms with Gasteiger partial charge < -0.3 is 15.2 Å². The Bertz CT molecular complexity index is 496. The van der Waals surface area contributed by atoms with Crippen molar-refractivity contribution in [3.8, 4) is 5.75 Å². The number of benzene rings is 1. The molecule has 0 aliphatic rings. The van der Waals surface area contributed by atoms with Crippen LogP contribution in [0.1, 0.15) is 32.8 Å². The second-order valence-electron chi connectivity index (χ2n) is 5.25. The summed E-state index contributed by atoms with van der Waals surface area (Å²) < 4.78 is 5.63. The highest BCUT2D eigenvalue weighted by Crippen LogP contribution is 2.16. The zero-order valence-electron chi connectivity index (χ0n) is 12.3. The molecule has 0 aromatic heterocycles. The normalized spacial score (nSPS) is 12.6. The van der Waals surface area contributed by atoms with Crippen molar-refractivity contribution in [1.29, 1.82) is 0 Å². The molecule has 20 heavy (non-hydrogen) atoms. The molecular weight excluding hydrogens is 258 g/mol. The van der Waals surface area contributed by atoms with E-state index in [0.717, 1.165) is 5.56 Å². The molecule has 0 heterocycles. The minimum absolute atomic E-state index is 0.429. The molecule has 1 rings (SSSR count). The van der Waals surface area contributed by atoms with Crippen LogP contribution in [-0.4, -0.2) is 28.6 Å². The SMILES string of the molecule is CCC(Oc1cccc(C)c1)C(=O)NC(C)(C)C(=O)O. The maximum absolute atomic E-state index is 12.1. The summed E-state index contributed by atoms with van der Waals surface area (Å²) in [6, 6.07) is 7.38. The van der Waals surface area contributed by atoms with Gasteiger partial charge in [-0.05, 0) is 44.9 Å². The van der Waals surface area contributed by atoms with E-state index in [1.807, 2.05) is 32.0 Å². The van der Waals surface area contributed by atoms with Crippen molar-refractivity contribution in [1.82, 2.24) is 5.32 Å². The monoisotopic (exact) mass is 279 g/mol. The molecule has 0 spiro atoms. The van der Waals surface area contributed by atoms with E-state index in [2.05, 4.69) is 5.32 Å². The zero-order chi connectivity index (χ0) is 15.3. The average molecular weight is 279 g/mol. The Morgan fingerprint density at radius 3 is 2.55 bits per heavy atom. The molecule has 1 aromatic carbocycles. The number of carboxylic acids is 1. The van der Waals surface area contributed by atoms with Gasteiger partial charge in [0.15, 0.2) is 6.10 Å². The fourth-order valence-corrected chi connectivity index (χ4v) is 1.62. The maximum atomic E-state index is 12.1. The predicted octanol–water partition coefficient (Wildman–Crippen LogP) is 2.13. The standard InChI is InChI=1S/C15H21NO4/c1-5-12(13(17)16-15(3,4)14(18)19)20-11-8-6-7-10(2)9-11/h6-9,12H,5H2,1-4H3,(H,16,17)(H,18,19). The van der Waals surface area contributed by atoms with Crippen LogP contribution < -0.4 is 10.1 Å². The van der Waals surface area contributed by atoms with Gasteiger partial charge in [-0.3, -0.25) is 4.79 Å². The maximum Gasteiger partial charge on any atom is 0.328 e. The van der Waals surface area contributed by atoms with Crippen molar-refractivity contribution in [2.24, 2.45) is 0 Å². The van der Waals surface area contributed by atoms with Gasteiger partial charge in [-0.15, -0.1) is 0 Å². The molecule has 0 fully saturated rings. The summed E-state index contributed by atoms with van der Waals surface area (Å²) in [5.74, 6) is -0.919. The second-order valence-corrected chi connectivity index (χ2v) is 5.25. The Hall–Kier alpha value is -2.04. The molecule has 0 aliphatic carbocycles. The van der Waals surface area contributed by atoms with Crippen LogP contribution in [0.3, 0.4) is 0 Å². The van der Waals surface area contributed by atoms with Crippen LogP contribution in [-0.2, 0) is 9.59 Å². The molecule has 1 aromatic rings. The molecule has 0 aliphatic heterocycles. The van der Waals surface area contributed by atoms with Gasteiger partial charge in [0.05, 0.1) is 0 Å². The Morgan fingerprint density at radius 1 is 1.40 bits per heavy atom. The molecule has 1 unspecified atom stereocenters. The largest absolute Gasteiger partial charge is 0.481 e. The summed E-state index contributed by atoms with van der Waals surface area (Å²) >= 11 is 0. The summed E-state index contributed by atoms with van der Waals surface area (Å²) in [7, 11) is 0. The van der Waals surface area contributed by atoms with Crippen molar-refractivity contribution in [2.75, 3.05) is 0 Å². The van der Waals surface area contributed by atoms with Crippen LogP contribution in [0.25, 0.3) is 0 Å². The quantitative estimate of drug-likeness (QED) is 0.836. The Morgan fingerprint density at radius 2 is 2.05 bits per heavy atom. The van der Waals surface area contributed by atoms with Gasteiger partial charge in [-0.2, -0.15) is 0 Å². The first-order valence-electron chi connectivity index (χ1n) is 6.55. The van der Waals surface area contributed by atoms with Crippen LogP contribution in [0.5, 0.6) is 5.75 Å². The second kappa shape index (κ2) is 6.41. The van der Waals surface area contributed by atoms with Gasteiger partial charge in [0.25, 0.3) is 5.91 Å². The van der Waals surface area contributed by atoms with Crippen LogP contribution >= 0.6 is 0 Å². The van der Waals surface area contributed by atoms with Crippen molar-refractivity contribution in [3.05, 3.63) is 29.8 Å². The van der Waals surface area contributed by atoms with Gasteiger partial charge in [-0.1, -0.05) is 19.1 Å². The smallest absolute Gasteiger partial charge is 0.328 e. The first-order valence-corrected chi connectivity index (χ1v) is 6.55.